The Labute approximate surface area is 170 Å². The second kappa shape index (κ2) is 7.99. The Bertz CT molecular complexity index is 1070. The standard InChI is InChI=1S/C23H25N3O3/c1-14-15(2)25-20-12-16(6-11-19(20)24-14)22(28)29-13-21(27)26-18-9-7-17(8-10-18)23(3,4)5/h6-12H,13H2,1-5H3,(H,26,27). The summed E-state index contributed by atoms with van der Waals surface area (Å²) in [5, 5.41) is 2.73. The van der Waals surface area contributed by atoms with E-state index in [0.29, 0.717) is 22.3 Å². The number of esters is 1. The van der Waals surface area contributed by atoms with Gasteiger partial charge in [0.25, 0.3) is 5.91 Å². The van der Waals surface area contributed by atoms with Gasteiger partial charge in [0.05, 0.1) is 28.0 Å². The van der Waals surface area contributed by atoms with Gasteiger partial charge in [-0.05, 0) is 55.2 Å². The van der Waals surface area contributed by atoms with Crippen molar-refractivity contribution in [3.63, 3.8) is 0 Å². The molecule has 2 aromatic carbocycles. The molecule has 0 saturated heterocycles. The molecule has 0 saturated carbocycles. The van der Waals surface area contributed by atoms with Gasteiger partial charge in [-0.2, -0.15) is 0 Å². The summed E-state index contributed by atoms with van der Waals surface area (Å²) in [6, 6.07) is 12.6. The van der Waals surface area contributed by atoms with Crippen LogP contribution in [0.15, 0.2) is 42.5 Å². The molecule has 1 aromatic heterocycles. The Hall–Kier alpha value is -3.28. The SMILES string of the molecule is Cc1nc2ccc(C(=O)OCC(=O)Nc3ccc(C(C)(C)C)cc3)cc2nc1C. The maximum Gasteiger partial charge on any atom is 0.338 e. The van der Waals surface area contributed by atoms with Crippen LogP contribution >= 0.6 is 0 Å². The molecule has 0 aliphatic rings. The van der Waals surface area contributed by atoms with E-state index in [9.17, 15) is 9.59 Å². The number of rotatable bonds is 4. The third-order valence-electron chi connectivity index (χ3n) is 4.68. The van der Waals surface area contributed by atoms with Crippen molar-refractivity contribution in [2.45, 2.75) is 40.0 Å². The van der Waals surface area contributed by atoms with Crippen molar-refractivity contribution in [2.75, 3.05) is 11.9 Å². The van der Waals surface area contributed by atoms with E-state index in [2.05, 4.69) is 36.1 Å². The largest absolute Gasteiger partial charge is 0.452 e. The van der Waals surface area contributed by atoms with Gasteiger partial charge in [-0.1, -0.05) is 32.9 Å². The number of hydrogen-bond acceptors (Lipinski definition) is 5. The lowest BCUT2D eigenvalue weighted by atomic mass is 9.87. The fraction of sp³-hybridized carbons (Fsp3) is 0.304. The number of carbonyl (C=O) groups is 2. The Morgan fingerprint density at radius 2 is 1.55 bits per heavy atom. The molecule has 1 N–H and O–H groups in total. The van der Waals surface area contributed by atoms with Crippen molar-refractivity contribution >= 4 is 28.6 Å². The van der Waals surface area contributed by atoms with Crippen LogP contribution in [0.25, 0.3) is 11.0 Å². The minimum Gasteiger partial charge on any atom is -0.452 e. The van der Waals surface area contributed by atoms with Crippen molar-refractivity contribution < 1.29 is 14.3 Å². The summed E-state index contributed by atoms with van der Waals surface area (Å²) in [6.45, 7) is 9.77. The van der Waals surface area contributed by atoms with Crippen molar-refractivity contribution in [3.05, 3.63) is 65.0 Å². The van der Waals surface area contributed by atoms with E-state index in [1.54, 1.807) is 18.2 Å². The van der Waals surface area contributed by atoms with Crippen molar-refractivity contribution in [2.24, 2.45) is 0 Å². The monoisotopic (exact) mass is 391 g/mol. The maximum atomic E-state index is 12.3. The highest BCUT2D eigenvalue weighted by Crippen LogP contribution is 2.23. The highest BCUT2D eigenvalue weighted by molar-refractivity contribution is 5.97. The van der Waals surface area contributed by atoms with E-state index in [1.807, 2.05) is 38.1 Å². The van der Waals surface area contributed by atoms with Gasteiger partial charge in [0, 0.05) is 5.69 Å². The van der Waals surface area contributed by atoms with E-state index < -0.39 is 11.9 Å². The molecule has 6 heteroatoms. The summed E-state index contributed by atoms with van der Waals surface area (Å²) >= 11 is 0. The molecule has 0 bridgehead atoms. The first kappa shape index (κ1) is 20.5. The molecule has 150 valence electrons. The molecule has 3 aromatic rings. The lowest BCUT2D eigenvalue weighted by Crippen LogP contribution is -2.21. The number of aromatic nitrogens is 2. The fourth-order valence-corrected chi connectivity index (χ4v) is 2.82. The number of benzene rings is 2. The number of ether oxygens (including phenoxy) is 1. The number of nitrogens with one attached hydrogen (secondary N) is 1. The predicted molar refractivity (Wildman–Crippen MR) is 113 cm³/mol. The Balaban J connectivity index is 1.60. The van der Waals surface area contributed by atoms with Crippen LogP contribution in [0, 0.1) is 13.8 Å². The number of nitrogens with zero attached hydrogens (tertiary/aromatic N) is 2. The summed E-state index contributed by atoms with van der Waals surface area (Å²) in [5.74, 6) is -0.973. The second-order valence-electron chi connectivity index (χ2n) is 8.05. The van der Waals surface area contributed by atoms with Gasteiger partial charge in [0.1, 0.15) is 0 Å². The third-order valence-corrected chi connectivity index (χ3v) is 4.68. The highest BCUT2D eigenvalue weighted by Gasteiger charge is 2.14. The minimum atomic E-state index is -0.579. The van der Waals surface area contributed by atoms with Gasteiger partial charge in [-0.15, -0.1) is 0 Å². The summed E-state index contributed by atoms with van der Waals surface area (Å²) in [6.07, 6.45) is 0. The van der Waals surface area contributed by atoms with E-state index in [1.165, 1.54) is 5.56 Å². The number of hydrogen-bond donors (Lipinski definition) is 1. The summed E-state index contributed by atoms with van der Waals surface area (Å²) in [4.78, 5) is 33.3. The number of aryl methyl sites for hydroxylation is 2. The maximum absolute atomic E-state index is 12.3. The quantitative estimate of drug-likeness (QED) is 0.669. The zero-order valence-corrected chi connectivity index (χ0v) is 17.4. The average Bonchev–Trinajstić information content (AvgIpc) is 2.66. The van der Waals surface area contributed by atoms with Crippen LogP contribution in [-0.2, 0) is 14.9 Å². The lowest BCUT2D eigenvalue weighted by molar-refractivity contribution is -0.119. The van der Waals surface area contributed by atoms with Gasteiger partial charge in [-0.3, -0.25) is 4.79 Å². The van der Waals surface area contributed by atoms with E-state index in [-0.39, 0.29) is 12.0 Å². The first-order valence-corrected chi connectivity index (χ1v) is 9.46. The minimum absolute atomic E-state index is 0.0412. The number of carbonyl (C=O) groups excluding carboxylic acids is 2. The molecule has 6 nitrogen and oxygen atoms in total. The zero-order valence-electron chi connectivity index (χ0n) is 17.4. The van der Waals surface area contributed by atoms with Gasteiger partial charge in [0.2, 0.25) is 0 Å². The molecule has 29 heavy (non-hydrogen) atoms. The van der Waals surface area contributed by atoms with Crippen molar-refractivity contribution in [1.29, 1.82) is 0 Å². The molecule has 3 rings (SSSR count). The second-order valence-corrected chi connectivity index (χ2v) is 8.05. The van der Waals surface area contributed by atoms with Gasteiger partial charge < -0.3 is 10.1 Å². The summed E-state index contributed by atoms with van der Waals surface area (Å²) < 4.78 is 5.14. The Morgan fingerprint density at radius 1 is 0.931 bits per heavy atom. The average molecular weight is 391 g/mol. The van der Waals surface area contributed by atoms with Gasteiger partial charge >= 0.3 is 5.97 Å². The number of amides is 1. The molecule has 0 aliphatic carbocycles. The Morgan fingerprint density at radius 3 is 2.17 bits per heavy atom. The van der Waals surface area contributed by atoms with Crippen LogP contribution in [0.4, 0.5) is 5.69 Å². The van der Waals surface area contributed by atoms with Crippen molar-refractivity contribution in [1.82, 2.24) is 9.97 Å². The number of anilines is 1. The zero-order chi connectivity index (χ0) is 21.2. The lowest BCUT2D eigenvalue weighted by Gasteiger charge is -2.19. The normalized spacial score (nSPS) is 11.3. The topological polar surface area (TPSA) is 81.2 Å². The Kier molecular flexibility index (Phi) is 5.64. The van der Waals surface area contributed by atoms with Crippen LogP contribution < -0.4 is 5.32 Å². The van der Waals surface area contributed by atoms with Crippen LogP contribution in [0.5, 0.6) is 0 Å². The van der Waals surface area contributed by atoms with E-state index >= 15 is 0 Å². The molecule has 1 amide bonds. The fourth-order valence-electron chi connectivity index (χ4n) is 2.82. The third kappa shape index (κ3) is 4.96. The van der Waals surface area contributed by atoms with Gasteiger partial charge in [0.15, 0.2) is 6.61 Å². The highest BCUT2D eigenvalue weighted by atomic mass is 16.5. The molecule has 0 unspecified atom stereocenters. The molecule has 1 heterocycles. The van der Waals surface area contributed by atoms with E-state index in [0.717, 1.165) is 11.4 Å². The molecule has 0 radical (unpaired) electrons. The molecular formula is C23H25N3O3. The molecule has 0 spiro atoms. The van der Waals surface area contributed by atoms with Crippen LogP contribution in [-0.4, -0.2) is 28.5 Å². The van der Waals surface area contributed by atoms with Crippen molar-refractivity contribution in [3.8, 4) is 0 Å². The smallest absolute Gasteiger partial charge is 0.338 e. The number of fused-ring (bicyclic) bond motifs is 1. The first-order chi connectivity index (χ1) is 13.6. The molecule has 0 atom stereocenters. The summed E-state index contributed by atoms with van der Waals surface area (Å²) in [7, 11) is 0. The van der Waals surface area contributed by atoms with Crippen LogP contribution in [0.2, 0.25) is 0 Å². The predicted octanol–water partition coefficient (Wildman–Crippen LogP) is 4.34. The van der Waals surface area contributed by atoms with E-state index in [4.69, 9.17) is 4.74 Å². The molecule has 0 aliphatic heterocycles. The molecular weight excluding hydrogens is 366 g/mol. The first-order valence-electron chi connectivity index (χ1n) is 9.46. The summed E-state index contributed by atoms with van der Waals surface area (Å²) in [5.41, 5.74) is 5.18. The van der Waals surface area contributed by atoms with Gasteiger partial charge in [-0.25, -0.2) is 14.8 Å². The molecule has 0 fully saturated rings. The van der Waals surface area contributed by atoms with Crippen LogP contribution in [0.3, 0.4) is 0 Å². The van der Waals surface area contributed by atoms with Crippen LogP contribution in [0.1, 0.15) is 48.1 Å².